The van der Waals surface area contributed by atoms with Gasteiger partial charge in [0.1, 0.15) is 5.75 Å². The van der Waals surface area contributed by atoms with Crippen LogP contribution in [0.2, 0.25) is 0 Å². The molecule has 0 aliphatic rings. The third-order valence-electron chi connectivity index (χ3n) is 5.54. The number of nitrogens with one attached hydrogen (secondary N) is 1. The molecule has 2 amide bonds. The predicted octanol–water partition coefficient (Wildman–Crippen LogP) is 6.08. The van der Waals surface area contributed by atoms with Crippen LogP contribution in [-0.2, 0) is 13.1 Å². The molecular weight excluding hydrogens is 386 g/mol. The van der Waals surface area contributed by atoms with Crippen LogP contribution in [0.15, 0.2) is 66.9 Å². The van der Waals surface area contributed by atoms with Crippen LogP contribution in [0.1, 0.15) is 43.0 Å². The van der Waals surface area contributed by atoms with Crippen LogP contribution >= 0.6 is 0 Å². The van der Waals surface area contributed by atoms with Crippen LogP contribution in [-0.4, -0.2) is 29.2 Å². The van der Waals surface area contributed by atoms with Crippen LogP contribution < -0.4 is 10.1 Å². The zero-order valence-corrected chi connectivity index (χ0v) is 18.8. The number of ether oxygens (including phenoxy) is 1. The van der Waals surface area contributed by atoms with Crippen molar-refractivity contribution in [1.29, 1.82) is 0 Å². The fourth-order valence-electron chi connectivity index (χ4n) is 3.60. The van der Waals surface area contributed by atoms with E-state index in [9.17, 15) is 4.79 Å². The van der Waals surface area contributed by atoms with Gasteiger partial charge in [-0.05, 0) is 60.9 Å². The van der Waals surface area contributed by atoms with Gasteiger partial charge in [0.15, 0.2) is 0 Å². The van der Waals surface area contributed by atoms with Crippen molar-refractivity contribution in [3.05, 3.63) is 83.7 Å². The molecule has 1 N–H and O–H groups in total. The van der Waals surface area contributed by atoms with Gasteiger partial charge in [0.25, 0.3) is 0 Å². The van der Waals surface area contributed by atoms with Crippen molar-refractivity contribution in [2.75, 3.05) is 19.0 Å². The third-order valence-corrected chi connectivity index (χ3v) is 5.54. The highest BCUT2D eigenvalue weighted by Crippen LogP contribution is 2.18. The van der Waals surface area contributed by atoms with Crippen LogP contribution in [0.5, 0.6) is 5.75 Å². The molecular formula is C26H33N3O2. The molecule has 0 unspecified atom stereocenters. The van der Waals surface area contributed by atoms with Crippen molar-refractivity contribution in [3.8, 4) is 5.75 Å². The number of rotatable bonds is 10. The smallest absolute Gasteiger partial charge is 0.322 e. The van der Waals surface area contributed by atoms with Gasteiger partial charge in [0.05, 0.1) is 13.7 Å². The molecule has 0 aliphatic carbocycles. The van der Waals surface area contributed by atoms with E-state index in [0.717, 1.165) is 49.5 Å². The maximum atomic E-state index is 13.1. The van der Waals surface area contributed by atoms with Gasteiger partial charge in [-0.3, -0.25) is 0 Å². The second kappa shape index (κ2) is 11.3. The maximum absolute atomic E-state index is 13.1. The lowest BCUT2D eigenvalue weighted by molar-refractivity contribution is 0.206. The van der Waals surface area contributed by atoms with Crippen LogP contribution in [0, 0.1) is 6.92 Å². The number of unbranched alkanes of at least 4 members (excludes halogenated alkanes) is 2. The van der Waals surface area contributed by atoms with E-state index in [-0.39, 0.29) is 6.03 Å². The summed E-state index contributed by atoms with van der Waals surface area (Å²) in [5.74, 6) is 0.770. The number of methoxy groups -OCH3 is 1. The Kier molecular flexibility index (Phi) is 8.16. The van der Waals surface area contributed by atoms with Gasteiger partial charge in [-0.15, -0.1) is 0 Å². The minimum atomic E-state index is -0.0788. The summed E-state index contributed by atoms with van der Waals surface area (Å²) >= 11 is 0. The molecule has 0 saturated carbocycles. The molecule has 0 radical (unpaired) electrons. The quantitative estimate of drug-likeness (QED) is 0.405. The molecule has 3 rings (SSSR count). The zero-order chi connectivity index (χ0) is 22.1. The fourth-order valence-corrected chi connectivity index (χ4v) is 3.60. The molecule has 164 valence electrons. The number of hydrogen-bond donors (Lipinski definition) is 1. The number of hydrogen-bond acceptors (Lipinski definition) is 2. The molecule has 0 spiro atoms. The topological polar surface area (TPSA) is 46.5 Å². The molecule has 0 fully saturated rings. The highest BCUT2D eigenvalue weighted by Gasteiger charge is 2.16. The van der Waals surface area contributed by atoms with Crippen LogP contribution in [0.3, 0.4) is 0 Å². The van der Waals surface area contributed by atoms with E-state index in [0.29, 0.717) is 6.54 Å². The fraction of sp³-hybridized carbons (Fsp3) is 0.346. The Balaban J connectivity index is 1.72. The number of carbonyl (C=O) groups excluding carboxylic acids is 1. The number of benzene rings is 2. The van der Waals surface area contributed by atoms with Gasteiger partial charge in [-0.2, -0.15) is 0 Å². The summed E-state index contributed by atoms with van der Waals surface area (Å²) in [6, 6.07) is 19.9. The molecule has 1 heterocycles. The third kappa shape index (κ3) is 6.38. The van der Waals surface area contributed by atoms with Crippen molar-refractivity contribution >= 4 is 11.7 Å². The lowest BCUT2D eigenvalue weighted by Gasteiger charge is -2.24. The summed E-state index contributed by atoms with van der Waals surface area (Å²) in [5, 5.41) is 3.03. The highest BCUT2D eigenvalue weighted by molar-refractivity contribution is 5.89. The van der Waals surface area contributed by atoms with E-state index >= 15 is 0 Å². The normalized spacial score (nSPS) is 10.7. The Morgan fingerprint density at radius 1 is 1.03 bits per heavy atom. The second-order valence-electron chi connectivity index (χ2n) is 7.84. The Morgan fingerprint density at radius 2 is 1.81 bits per heavy atom. The van der Waals surface area contributed by atoms with Crippen molar-refractivity contribution in [2.45, 2.75) is 46.2 Å². The van der Waals surface area contributed by atoms with Crippen LogP contribution in [0.4, 0.5) is 10.5 Å². The van der Waals surface area contributed by atoms with E-state index in [4.69, 9.17) is 4.74 Å². The first-order chi connectivity index (χ1) is 15.1. The second-order valence-corrected chi connectivity index (χ2v) is 7.84. The predicted molar refractivity (Wildman–Crippen MR) is 127 cm³/mol. The van der Waals surface area contributed by atoms with Crippen molar-refractivity contribution in [2.24, 2.45) is 0 Å². The SMILES string of the molecule is CCCCCN(Cc1cccn1Cc1ccccc1C)C(=O)Nc1ccc(OC)cc1. The van der Waals surface area contributed by atoms with Gasteiger partial charge in [-0.25, -0.2) is 4.79 Å². The largest absolute Gasteiger partial charge is 0.497 e. The average Bonchev–Trinajstić information content (AvgIpc) is 3.22. The first-order valence-electron chi connectivity index (χ1n) is 11.0. The molecule has 2 aromatic carbocycles. The van der Waals surface area contributed by atoms with Crippen molar-refractivity contribution in [3.63, 3.8) is 0 Å². The Labute approximate surface area is 185 Å². The standard InChI is InChI=1S/C26H33N3O2/c1-4-5-8-17-29(26(30)27-23-13-15-25(31-3)16-14-23)20-24-12-9-18-28(24)19-22-11-7-6-10-21(22)2/h6-7,9-16,18H,4-5,8,17,19-20H2,1-3H3,(H,27,30). The summed E-state index contributed by atoms with van der Waals surface area (Å²) in [6.07, 6.45) is 5.31. The summed E-state index contributed by atoms with van der Waals surface area (Å²) < 4.78 is 7.43. The van der Waals surface area contributed by atoms with Gasteiger partial charge in [-0.1, -0.05) is 44.0 Å². The number of anilines is 1. The summed E-state index contributed by atoms with van der Waals surface area (Å²) in [5.41, 5.74) is 4.46. The number of amides is 2. The first kappa shape index (κ1) is 22.5. The van der Waals surface area contributed by atoms with E-state index < -0.39 is 0 Å². The molecule has 1 aromatic heterocycles. The number of nitrogens with zero attached hydrogens (tertiary/aromatic N) is 2. The molecule has 0 atom stereocenters. The Morgan fingerprint density at radius 3 is 2.52 bits per heavy atom. The molecule has 0 aliphatic heterocycles. The number of carbonyl (C=O) groups is 1. The van der Waals surface area contributed by atoms with Crippen LogP contribution in [0.25, 0.3) is 0 Å². The highest BCUT2D eigenvalue weighted by atomic mass is 16.5. The van der Waals surface area contributed by atoms with Gasteiger partial charge in [0, 0.05) is 30.7 Å². The molecule has 3 aromatic rings. The molecule has 0 bridgehead atoms. The van der Waals surface area contributed by atoms with Crippen molar-refractivity contribution < 1.29 is 9.53 Å². The number of aryl methyl sites for hydroxylation is 1. The van der Waals surface area contributed by atoms with E-state index in [1.54, 1.807) is 7.11 Å². The number of aromatic nitrogens is 1. The van der Waals surface area contributed by atoms with Gasteiger partial charge in [0.2, 0.25) is 0 Å². The lowest BCUT2D eigenvalue weighted by atomic mass is 10.1. The van der Waals surface area contributed by atoms with Gasteiger partial charge < -0.3 is 19.5 Å². The molecule has 31 heavy (non-hydrogen) atoms. The van der Waals surface area contributed by atoms with Crippen molar-refractivity contribution in [1.82, 2.24) is 9.47 Å². The number of urea groups is 1. The van der Waals surface area contributed by atoms with Gasteiger partial charge >= 0.3 is 6.03 Å². The maximum Gasteiger partial charge on any atom is 0.322 e. The summed E-state index contributed by atoms with van der Waals surface area (Å²) in [4.78, 5) is 15.0. The van der Waals surface area contributed by atoms with E-state index in [1.165, 1.54) is 11.1 Å². The zero-order valence-electron chi connectivity index (χ0n) is 18.8. The first-order valence-corrected chi connectivity index (χ1v) is 11.0. The Bertz CT molecular complexity index is 963. The molecule has 5 heteroatoms. The molecule has 5 nitrogen and oxygen atoms in total. The summed E-state index contributed by atoms with van der Waals surface area (Å²) in [6.45, 7) is 6.42. The molecule has 0 saturated heterocycles. The minimum absolute atomic E-state index is 0.0788. The minimum Gasteiger partial charge on any atom is -0.497 e. The van der Waals surface area contributed by atoms with E-state index in [2.05, 4.69) is 66.3 Å². The monoisotopic (exact) mass is 419 g/mol. The summed E-state index contributed by atoms with van der Waals surface area (Å²) in [7, 11) is 1.63. The Hall–Kier alpha value is -3.21. The average molecular weight is 420 g/mol. The van der Waals surface area contributed by atoms with E-state index in [1.807, 2.05) is 29.2 Å². The lowest BCUT2D eigenvalue weighted by Crippen LogP contribution is -2.36.